The Kier molecular flexibility index (Phi) is 2.61. The van der Waals surface area contributed by atoms with Gasteiger partial charge < -0.3 is 11.1 Å². The number of fused-ring (bicyclic) bond motifs is 1. The first kappa shape index (κ1) is 10.7. The molecule has 4 nitrogen and oxygen atoms in total. The van der Waals surface area contributed by atoms with Crippen molar-refractivity contribution in [3.63, 3.8) is 0 Å². The quantitative estimate of drug-likeness (QED) is 0.615. The molecule has 0 fully saturated rings. The van der Waals surface area contributed by atoms with Crippen LogP contribution in [0.15, 0.2) is 48.7 Å². The van der Waals surface area contributed by atoms with Gasteiger partial charge in [-0.1, -0.05) is 18.2 Å². The van der Waals surface area contributed by atoms with E-state index in [0.29, 0.717) is 0 Å². The summed E-state index contributed by atoms with van der Waals surface area (Å²) in [7, 11) is 0. The number of rotatable bonds is 3. The molecule has 4 heteroatoms. The molecule has 0 aliphatic heterocycles. The molecular formula is C14H14N4. The Balaban J connectivity index is 1.78. The largest absolute Gasteiger partial charge is 0.398 e. The van der Waals surface area contributed by atoms with E-state index < -0.39 is 0 Å². The Morgan fingerprint density at radius 2 is 2.06 bits per heavy atom. The Bertz CT molecular complexity index is 672. The fraction of sp³-hybridized carbons (Fsp3) is 0.0714. The lowest BCUT2D eigenvalue weighted by Crippen LogP contribution is -2.02. The number of nitrogens with one attached hydrogen (secondary N) is 2. The number of nitrogens with two attached hydrogens (primary N) is 1. The van der Waals surface area contributed by atoms with Crippen LogP contribution in [-0.2, 0) is 6.54 Å². The van der Waals surface area contributed by atoms with Crippen LogP contribution < -0.4 is 11.1 Å². The standard InChI is InChI=1S/C14H14N4/c15-13-4-2-1-3-10(13)8-16-12-5-6-14-11(7-12)9-17-18-14/h1-7,9,16H,8,15H2,(H,17,18). The summed E-state index contributed by atoms with van der Waals surface area (Å²) >= 11 is 0. The minimum Gasteiger partial charge on any atom is -0.398 e. The molecule has 18 heavy (non-hydrogen) atoms. The molecule has 0 saturated heterocycles. The summed E-state index contributed by atoms with van der Waals surface area (Å²) in [6.07, 6.45) is 1.82. The molecular weight excluding hydrogens is 224 g/mol. The molecule has 0 bridgehead atoms. The van der Waals surface area contributed by atoms with Gasteiger partial charge in [-0.05, 0) is 29.8 Å². The van der Waals surface area contributed by atoms with Crippen molar-refractivity contribution in [2.45, 2.75) is 6.54 Å². The Labute approximate surface area is 105 Å². The third kappa shape index (κ3) is 2.00. The van der Waals surface area contributed by atoms with Crippen LogP contribution in [0, 0.1) is 0 Å². The van der Waals surface area contributed by atoms with Crippen LogP contribution in [0.3, 0.4) is 0 Å². The van der Waals surface area contributed by atoms with Gasteiger partial charge in [0.15, 0.2) is 0 Å². The number of nitrogen functional groups attached to an aromatic ring is 1. The van der Waals surface area contributed by atoms with Gasteiger partial charge in [0.1, 0.15) is 0 Å². The van der Waals surface area contributed by atoms with Gasteiger partial charge in [0.05, 0.1) is 11.7 Å². The lowest BCUT2D eigenvalue weighted by Gasteiger charge is -2.08. The SMILES string of the molecule is Nc1ccccc1CNc1ccc2[nH]ncc2c1. The van der Waals surface area contributed by atoms with E-state index >= 15 is 0 Å². The van der Waals surface area contributed by atoms with Crippen LogP contribution in [0.25, 0.3) is 10.9 Å². The van der Waals surface area contributed by atoms with E-state index in [1.807, 2.05) is 42.6 Å². The van der Waals surface area contributed by atoms with E-state index in [9.17, 15) is 0 Å². The highest BCUT2D eigenvalue weighted by Gasteiger charge is 2.00. The van der Waals surface area contributed by atoms with Gasteiger partial charge in [0, 0.05) is 23.3 Å². The predicted octanol–water partition coefficient (Wildman–Crippen LogP) is 2.76. The normalized spacial score (nSPS) is 10.7. The fourth-order valence-corrected chi connectivity index (χ4v) is 1.95. The van der Waals surface area contributed by atoms with Crippen LogP contribution in [0.5, 0.6) is 0 Å². The third-order valence-electron chi connectivity index (χ3n) is 2.98. The summed E-state index contributed by atoms with van der Waals surface area (Å²) < 4.78 is 0. The van der Waals surface area contributed by atoms with Crippen molar-refractivity contribution < 1.29 is 0 Å². The minimum atomic E-state index is 0.718. The summed E-state index contributed by atoms with van der Waals surface area (Å²) in [5.41, 5.74) is 9.92. The Morgan fingerprint density at radius 3 is 2.94 bits per heavy atom. The van der Waals surface area contributed by atoms with E-state index in [1.165, 1.54) is 0 Å². The number of benzene rings is 2. The number of hydrogen-bond acceptors (Lipinski definition) is 3. The summed E-state index contributed by atoms with van der Waals surface area (Å²) in [6.45, 7) is 0.718. The average Bonchev–Trinajstić information content (AvgIpc) is 2.85. The maximum absolute atomic E-state index is 5.90. The zero-order valence-electron chi connectivity index (χ0n) is 9.85. The van der Waals surface area contributed by atoms with E-state index in [-0.39, 0.29) is 0 Å². The predicted molar refractivity (Wildman–Crippen MR) is 74.3 cm³/mol. The van der Waals surface area contributed by atoms with Gasteiger partial charge in [-0.3, -0.25) is 5.10 Å². The number of nitrogens with zero attached hydrogens (tertiary/aromatic N) is 1. The Hall–Kier alpha value is -2.49. The molecule has 2 aromatic carbocycles. The van der Waals surface area contributed by atoms with Gasteiger partial charge in [-0.2, -0.15) is 5.10 Å². The molecule has 0 aliphatic carbocycles. The monoisotopic (exact) mass is 238 g/mol. The van der Waals surface area contributed by atoms with Crippen molar-refractivity contribution in [2.24, 2.45) is 0 Å². The first-order valence-electron chi connectivity index (χ1n) is 5.83. The second kappa shape index (κ2) is 4.41. The molecule has 0 atom stereocenters. The van der Waals surface area contributed by atoms with Crippen molar-refractivity contribution in [1.82, 2.24) is 10.2 Å². The van der Waals surface area contributed by atoms with Crippen LogP contribution in [0.4, 0.5) is 11.4 Å². The molecule has 0 radical (unpaired) electrons. The number of hydrogen-bond donors (Lipinski definition) is 3. The van der Waals surface area contributed by atoms with Crippen LogP contribution >= 0.6 is 0 Å². The summed E-state index contributed by atoms with van der Waals surface area (Å²) in [4.78, 5) is 0. The fourth-order valence-electron chi connectivity index (χ4n) is 1.95. The van der Waals surface area contributed by atoms with Gasteiger partial charge in [-0.15, -0.1) is 0 Å². The van der Waals surface area contributed by atoms with Crippen molar-refractivity contribution in [3.05, 3.63) is 54.2 Å². The third-order valence-corrected chi connectivity index (χ3v) is 2.98. The summed E-state index contributed by atoms with van der Waals surface area (Å²) in [5, 5.41) is 11.4. The lowest BCUT2D eigenvalue weighted by molar-refractivity contribution is 1.12. The molecule has 0 spiro atoms. The topological polar surface area (TPSA) is 66.7 Å². The molecule has 90 valence electrons. The molecule has 0 amide bonds. The molecule has 3 rings (SSSR count). The molecule has 1 heterocycles. The zero-order chi connectivity index (χ0) is 12.4. The summed E-state index contributed by atoms with van der Waals surface area (Å²) in [5.74, 6) is 0. The summed E-state index contributed by atoms with van der Waals surface area (Å²) in [6, 6.07) is 14.0. The number of H-pyrrole nitrogens is 1. The van der Waals surface area contributed by atoms with E-state index in [1.54, 1.807) is 0 Å². The van der Waals surface area contributed by atoms with Crippen molar-refractivity contribution in [1.29, 1.82) is 0 Å². The molecule has 4 N–H and O–H groups in total. The van der Waals surface area contributed by atoms with Crippen LogP contribution in [-0.4, -0.2) is 10.2 Å². The second-order valence-electron chi connectivity index (χ2n) is 4.22. The van der Waals surface area contributed by atoms with Gasteiger partial charge in [-0.25, -0.2) is 0 Å². The van der Waals surface area contributed by atoms with E-state index in [2.05, 4.69) is 21.6 Å². The highest BCUT2D eigenvalue weighted by Crippen LogP contribution is 2.18. The molecule has 0 unspecified atom stereocenters. The van der Waals surface area contributed by atoms with E-state index in [4.69, 9.17) is 5.73 Å². The smallest absolute Gasteiger partial charge is 0.0651 e. The first-order chi connectivity index (χ1) is 8.83. The van der Waals surface area contributed by atoms with Crippen molar-refractivity contribution in [2.75, 3.05) is 11.1 Å². The maximum Gasteiger partial charge on any atom is 0.0651 e. The Morgan fingerprint density at radius 1 is 1.17 bits per heavy atom. The average molecular weight is 238 g/mol. The number of para-hydroxylation sites is 1. The lowest BCUT2D eigenvalue weighted by atomic mass is 10.1. The first-order valence-corrected chi connectivity index (χ1v) is 5.83. The van der Waals surface area contributed by atoms with Crippen LogP contribution in [0.1, 0.15) is 5.56 Å². The van der Waals surface area contributed by atoms with Gasteiger partial charge in [0.25, 0.3) is 0 Å². The number of anilines is 2. The zero-order valence-corrected chi connectivity index (χ0v) is 9.85. The number of aromatic amines is 1. The minimum absolute atomic E-state index is 0.718. The maximum atomic E-state index is 5.90. The second-order valence-corrected chi connectivity index (χ2v) is 4.22. The molecule has 0 saturated carbocycles. The van der Waals surface area contributed by atoms with E-state index in [0.717, 1.165) is 34.4 Å². The van der Waals surface area contributed by atoms with Gasteiger partial charge in [0.2, 0.25) is 0 Å². The molecule has 3 aromatic rings. The van der Waals surface area contributed by atoms with Crippen molar-refractivity contribution >= 4 is 22.3 Å². The highest BCUT2D eigenvalue weighted by molar-refractivity contribution is 5.81. The number of aromatic nitrogens is 2. The molecule has 0 aliphatic rings. The molecule has 1 aromatic heterocycles. The van der Waals surface area contributed by atoms with Crippen LogP contribution in [0.2, 0.25) is 0 Å². The van der Waals surface area contributed by atoms with Gasteiger partial charge >= 0.3 is 0 Å². The highest BCUT2D eigenvalue weighted by atomic mass is 15.1. The van der Waals surface area contributed by atoms with Crippen molar-refractivity contribution in [3.8, 4) is 0 Å².